The van der Waals surface area contributed by atoms with Crippen LogP contribution >= 0.6 is 0 Å². The first-order valence-corrected chi connectivity index (χ1v) is 8.86. The zero-order chi connectivity index (χ0) is 19.7. The van der Waals surface area contributed by atoms with Gasteiger partial charge >= 0.3 is 0 Å². The highest BCUT2D eigenvalue weighted by Gasteiger charge is 2.53. The number of amides is 1. The van der Waals surface area contributed by atoms with E-state index < -0.39 is 17.0 Å². The molecular weight excluding hydrogens is 366 g/mol. The molecule has 4 rings (SSSR count). The molecular formula is C21H18F2N2O3. The number of hydrogen-bond acceptors (Lipinski definition) is 4. The molecule has 0 bridgehead atoms. The molecule has 0 spiro atoms. The van der Waals surface area contributed by atoms with Crippen LogP contribution in [0.2, 0.25) is 0 Å². The summed E-state index contributed by atoms with van der Waals surface area (Å²) in [5.74, 6) is -0.492. The second-order valence-electron chi connectivity index (χ2n) is 6.77. The molecule has 7 heteroatoms. The average Bonchev–Trinajstić information content (AvgIpc) is 3.37. The Morgan fingerprint density at radius 3 is 2.57 bits per heavy atom. The standard InChI is InChI=1S/C21H18F2N2O3/c1-27-14-5-2-4-13(10-14)18-11-19(25-28-18)21(8-9-21)20(26)24-12-15-16(22)6-3-7-17(15)23/h2-7,10-11H,8-9,12H2,1H3,(H,24,26). The number of carbonyl (C=O) groups excluding carboxylic acids is 1. The molecule has 1 saturated carbocycles. The molecule has 28 heavy (non-hydrogen) atoms. The quantitative estimate of drug-likeness (QED) is 0.698. The van der Waals surface area contributed by atoms with Crippen molar-refractivity contribution in [1.82, 2.24) is 10.5 Å². The minimum atomic E-state index is -0.817. The van der Waals surface area contributed by atoms with Crippen LogP contribution in [0.4, 0.5) is 8.78 Å². The van der Waals surface area contributed by atoms with Crippen LogP contribution in [0, 0.1) is 11.6 Å². The lowest BCUT2D eigenvalue weighted by molar-refractivity contribution is -0.123. The van der Waals surface area contributed by atoms with E-state index in [-0.39, 0.29) is 18.0 Å². The largest absolute Gasteiger partial charge is 0.497 e. The summed E-state index contributed by atoms with van der Waals surface area (Å²) in [7, 11) is 1.58. The third kappa shape index (κ3) is 3.24. The topological polar surface area (TPSA) is 64.4 Å². The molecule has 1 heterocycles. The number of nitrogens with zero attached hydrogens (tertiary/aromatic N) is 1. The number of rotatable bonds is 6. The van der Waals surface area contributed by atoms with Crippen LogP contribution in [0.1, 0.15) is 24.1 Å². The van der Waals surface area contributed by atoms with Crippen molar-refractivity contribution in [3.05, 3.63) is 71.4 Å². The van der Waals surface area contributed by atoms with Gasteiger partial charge in [0.05, 0.1) is 18.2 Å². The van der Waals surface area contributed by atoms with Gasteiger partial charge in [-0.3, -0.25) is 4.79 Å². The monoisotopic (exact) mass is 384 g/mol. The van der Waals surface area contributed by atoms with Crippen molar-refractivity contribution < 1.29 is 22.8 Å². The summed E-state index contributed by atoms with van der Waals surface area (Å²) >= 11 is 0. The number of carbonyl (C=O) groups is 1. The molecule has 0 saturated heterocycles. The van der Waals surface area contributed by atoms with E-state index in [9.17, 15) is 13.6 Å². The third-order valence-corrected chi connectivity index (χ3v) is 5.03. The highest BCUT2D eigenvalue weighted by atomic mass is 19.1. The molecule has 3 aromatic rings. The van der Waals surface area contributed by atoms with Crippen molar-refractivity contribution >= 4 is 5.91 Å². The third-order valence-electron chi connectivity index (χ3n) is 5.03. The number of methoxy groups -OCH3 is 1. The van der Waals surface area contributed by atoms with Gasteiger partial charge in [0.15, 0.2) is 5.76 Å². The van der Waals surface area contributed by atoms with Gasteiger partial charge in [0.25, 0.3) is 0 Å². The molecule has 1 fully saturated rings. The Kier molecular flexibility index (Phi) is 4.58. The maximum atomic E-state index is 13.8. The first-order valence-electron chi connectivity index (χ1n) is 8.86. The maximum absolute atomic E-state index is 13.8. The zero-order valence-electron chi connectivity index (χ0n) is 15.2. The van der Waals surface area contributed by atoms with Crippen LogP contribution in [0.25, 0.3) is 11.3 Å². The fourth-order valence-electron chi connectivity index (χ4n) is 3.18. The summed E-state index contributed by atoms with van der Waals surface area (Å²) in [5.41, 5.74) is 0.311. The molecule has 1 aromatic heterocycles. The van der Waals surface area contributed by atoms with Gasteiger partial charge in [-0.1, -0.05) is 23.4 Å². The van der Waals surface area contributed by atoms with Crippen LogP contribution in [-0.4, -0.2) is 18.2 Å². The smallest absolute Gasteiger partial charge is 0.232 e. The van der Waals surface area contributed by atoms with Crippen molar-refractivity contribution in [2.24, 2.45) is 0 Å². The van der Waals surface area contributed by atoms with Gasteiger partial charge in [0, 0.05) is 23.7 Å². The van der Waals surface area contributed by atoms with Crippen molar-refractivity contribution in [2.75, 3.05) is 7.11 Å². The number of nitrogens with one attached hydrogen (secondary N) is 1. The Labute approximate surface area is 160 Å². The van der Waals surface area contributed by atoms with Gasteiger partial charge < -0.3 is 14.6 Å². The van der Waals surface area contributed by atoms with E-state index in [1.807, 2.05) is 24.3 Å². The molecule has 0 radical (unpaired) electrons. The van der Waals surface area contributed by atoms with Gasteiger partial charge in [-0.2, -0.15) is 0 Å². The van der Waals surface area contributed by atoms with E-state index in [1.54, 1.807) is 13.2 Å². The fourth-order valence-corrected chi connectivity index (χ4v) is 3.18. The lowest BCUT2D eigenvalue weighted by Crippen LogP contribution is -2.35. The van der Waals surface area contributed by atoms with Gasteiger partial charge in [0.1, 0.15) is 17.4 Å². The summed E-state index contributed by atoms with van der Waals surface area (Å²) in [6.45, 7) is -0.223. The SMILES string of the molecule is COc1cccc(-c2cc(C3(C(=O)NCc4c(F)cccc4F)CC3)no2)c1. The Morgan fingerprint density at radius 1 is 1.18 bits per heavy atom. The van der Waals surface area contributed by atoms with E-state index in [4.69, 9.17) is 9.26 Å². The number of aromatic nitrogens is 1. The first-order chi connectivity index (χ1) is 13.5. The Morgan fingerprint density at radius 2 is 1.89 bits per heavy atom. The van der Waals surface area contributed by atoms with Crippen molar-refractivity contribution in [2.45, 2.75) is 24.8 Å². The van der Waals surface area contributed by atoms with Crippen molar-refractivity contribution in [3.63, 3.8) is 0 Å². The second kappa shape index (κ2) is 7.07. The molecule has 1 N–H and O–H groups in total. The summed E-state index contributed by atoms with van der Waals surface area (Å²) in [6.07, 6.45) is 1.20. The second-order valence-corrected chi connectivity index (χ2v) is 6.77. The van der Waals surface area contributed by atoms with E-state index in [0.717, 1.165) is 17.7 Å². The van der Waals surface area contributed by atoms with E-state index in [1.165, 1.54) is 6.07 Å². The minimum Gasteiger partial charge on any atom is -0.497 e. The van der Waals surface area contributed by atoms with Crippen LogP contribution < -0.4 is 10.1 Å². The normalized spacial score (nSPS) is 14.5. The molecule has 0 aliphatic heterocycles. The predicted molar refractivity (Wildman–Crippen MR) is 97.6 cm³/mol. The highest BCUT2D eigenvalue weighted by Crippen LogP contribution is 2.48. The van der Waals surface area contributed by atoms with Crippen molar-refractivity contribution in [1.29, 1.82) is 0 Å². The summed E-state index contributed by atoms with van der Waals surface area (Å²) in [6, 6.07) is 12.7. The van der Waals surface area contributed by atoms with Crippen LogP contribution in [-0.2, 0) is 16.8 Å². The van der Waals surface area contributed by atoms with Gasteiger partial charge in [0.2, 0.25) is 5.91 Å². The number of ether oxygens (including phenoxy) is 1. The van der Waals surface area contributed by atoms with Crippen LogP contribution in [0.3, 0.4) is 0 Å². The van der Waals surface area contributed by atoms with Crippen molar-refractivity contribution in [3.8, 4) is 17.1 Å². The fraction of sp³-hybridized carbons (Fsp3) is 0.238. The van der Waals surface area contributed by atoms with Crippen LogP contribution in [0.15, 0.2) is 53.1 Å². The molecule has 1 amide bonds. The molecule has 1 aliphatic carbocycles. The van der Waals surface area contributed by atoms with Gasteiger partial charge in [-0.05, 0) is 37.1 Å². The molecule has 0 atom stereocenters. The highest BCUT2D eigenvalue weighted by molar-refractivity contribution is 5.91. The van der Waals surface area contributed by atoms with E-state index in [0.29, 0.717) is 30.0 Å². The zero-order valence-corrected chi connectivity index (χ0v) is 15.2. The molecule has 5 nitrogen and oxygen atoms in total. The van der Waals surface area contributed by atoms with Crippen LogP contribution in [0.5, 0.6) is 5.75 Å². The Hall–Kier alpha value is -3.22. The summed E-state index contributed by atoms with van der Waals surface area (Å²) < 4.78 is 38.1. The summed E-state index contributed by atoms with van der Waals surface area (Å²) in [4.78, 5) is 12.7. The molecule has 2 aromatic carbocycles. The predicted octanol–water partition coefficient (Wildman–Crippen LogP) is 3.98. The van der Waals surface area contributed by atoms with Gasteiger partial charge in [-0.25, -0.2) is 8.78 Å². The number of halogens is 2. The number of benzene rings is 2. The lowest BCUT2D eigenvalue weighted by atomic mass is 10.00. The van der Waals surface area contributed by atoms with Gasteiger partial charge in [-0.15, -0.1) is 0 Å². The van der Waals surface area contributed by atoms with E-state index >= 15 is 0 Å². The Bertz CT molecular complexity index is 1010. The molecule has 0 unspecified atom stereocenters. The maximum Gasteiger partial charge on any atom is 0.232 e. The number of hydrogen-bond donors (Lipinski definition) is 1. The first kappa shape index (κ1) is 18.2. The molecule has 1 aliphatic rings. The average molecular weight is 384 g/mol. The lowest BCUT2D eigenvalue weighted by Gasteiger charge is -2.13. The summed E-state index contributed by atoms with van der Waals surface area (Å²) in [5, 5.41) is 6.70. The molecule has 144 valence electrons. The Balaban J connectivity index is 1.51. The minimum absolute atomic E-state index is 0.163. The van der Waals surface area contributed by atoms with E-state index in [2.05, 4.69) is 10.5 Å².